The molecule has 1 saturated heterocycles. The van der Waals surface area contributed by atoms with Gasteiger partial charge in [0.2, 0.25) is 0 Å². The monoisotopic (exact) mass is 513 g/mol. The molecule has 0 aromatic heterocycles. The summed E-state index contributed by atoms with van der Waals surface area (Å²) < 4.78 is 11.7. The van der Waals surface area contributed by atoms with Crippen molar-refractivity contribution >= 4 is 52.2 Å². The highest BCUT2D eigenvalue weighted by Crippen LogP contribution is 2.36. The summed E-state index contributed by atoms with van der Waals surface area (Å²) in [5.74, 6) is 0.802. The molecule has 0 atom stereocenters. The fraction of sp³-hybridized carbons (Fsp3) is 0.154. The van der Waals surface area contributed by atoms with Gasteiger partial charge in [-0.25, -0.2) is 0 Å². The summed E-state index contributed by atoms with van der Waals surface area (Å²) >= 11 is 13.0. The van der Waals surface area contributed by atoms with Crippen LogP contribution in [0.4, 0.5) is 4.79 Å². The highest BCUT2D eigenvalue weighted by atomic mass is 35.5. The first-order valence-corrected chi connectivity index (χ1v) is 12.1. The zero-order valence-corrected chi connectivity index (χ0v) is 20.6. The molecule has 174 valence electrons. The SMILES string of the molecule is CCOc1cc(/C=C2\SC(=O)N(Cc3ccc(Cl)cc3Cl)C2=O)ccc1OCc1ccccc1. The number of thioether (sulfide) groups is 1. The number of carbonyl (C=O) groups excluding carboxylic acids is 2. The first kappa shape index (κ1) is 24.2. The van der Waals surface area contributed by atoms with E-state index in [4.69, 9.17) is 32.7 Å². The zero-order valence-electron chi connectivity index (χ0n) is 18.3. The van der Waals surface area contributed by atoms with Crippen LogP contribution < -0.4 is 9.47 Å². The number of hydrogen-bond acceptors (Lipinski definition) is 5. The predicted octanol–water partition coefficient (Wildman–Crippen LogP) is 7.21. The van der Waals surface area contributed by atoms with E-state index in [1.54, 1.807) is 36.4 Å². The van der Waals surface area contributed by atoms with E-state index >= 15 is 0 Å². The fourth-order valence-electron chi connectivity index (χ4n) is 3.35. The van der Waals surface area contributed by atoms with Crippen molar-refractivity contribution in [2.24, 2.45) is 0 Å². The summed E-state index contributed by atoms with van der Waals surface area (Å²) in [5.41, 5.74) is 2.42. The number of imide groups is 1. The van der Waals surface area contributed by atoms with Crippen LogP contribution >= 0.6 is 35.0 Å². The van der Waals surface area contributed by atoms with Gasteiger partial charge in [0.25, 0.3) is 11.1 Å². The molecule has 0 radical (unpaired) electrons. The molecule has 0 saturated carbocycles. The summed E-state index contributed by atoms with van der Waals surface area (Å²) in [6, 6.07) is 20.2. The molecule has 3 aromatic rings. The molecule has 1 aliphatic heterocycles. The van der Waals surface area contributed by atoms with Crippen molar-refractivity contribution in [2.45, 2.75) is 20.1 Å². The smallest absolute Gasteiger partial charge is 0.293 e. The van der Waals surface area contributed by atoms with Crippen LogP contribution in [0.15, 0.2) is 71.6 Å². The molecule has 0 unspecified atom stereocenters. The number of nitrogens with zero attached hydrogens (tertiary/aromatic N) is 1. The lowest BCUT2D eigenvalue weighted by atomic mass is 10.1. The molecule has 1 fully saturated rings. The van der Waals surface area contributed by atoms with Crippen LogP contribution in [0.3, 0.4) is 0 Å². The maximum Gasteiger partial charge on any atom is 0.293 e. The van der Waals surface area contributed by atoms with Crippen LogP contribution in [0.5, 0.6) is 11.5 Å². The van der Waals surface area contributed by atoms with Crippen molar-refractivity contribution in [3.8, 4) is 11.5 Å². The first-order valence-electron chi connectivity index (χ1n) is 10.6. The lowest BCUT2D eigenvalue weighted by molar-refractivity contribution is -0.123. The Bertz CT molecular complexity index is 1250. The Hall–Kier alpha value is -2.93. The summed E-state index contributed by atoms with van der Waals surface area (Å²) in [5, 5.41) is 0.544. The molecule has 1 heterocycles. The molecular weight excluding hydrogens is 493 g/mol. The number of hydrogen-bond donors (Lipinski definition) is 0. The molecule has 1 aliphatic rings. The van der Waals surface area contributed by atoms with E-state index in [0.29, 0.717) is 45.2 Å². The van der Waals surface area contributed by atoms with Crippen molar-refractivity contribution in [1.29, 1.82) is 0 Å². The summed E-state index contributed by atoms with van der Waals surface area (Å²) in [4.78, 5) is 27.0. The van der Waals surface area contributed by atoms with Gasteiger partial charge in [-0.05, 0) is 65.7 Å². The van der Waals surface area contributed by atoms with Gasteiger partial charge in [0, 0.05) is 10.0 Å². The molecule has 0 bridgehead atoms. The van der Waals surface area contributed by atoms with E-state index in [1.165, 1.54) is 4.90 Å². The molecular formula is C26H21Cl2NO4S. The van der Waals surface area contributed by atoms with Crippen LogP contribution in [-0.4, -0.2) is 22.7 Å². The number of halogens is 2. The van der Waals surface area contributed by atoms with Crippen molar-refractivity contribution in [1.82, 2.24) is 4.90 Å². The van der Waals surface area contributed by atoms with Crippen LogP contribution in [-0.2, 0) is 17.9 Å². The van der Waals surface area contributed by atoms with Crippen LogP contribution in [0.25, 0.3) is 6.08 Å². The second-order valence-corrected chi connectivity index (χ2v) is 9.25. The van der Waals surface area contributed by atoms with Gasteiger partial charge in [-0.15, -0.1) is 0 Å². The number of ether oxygens (including phenoxy) is 2. The Morgan fingerprint density at radius 2 is 1.74 bits per heavy atom. The Morgan fingerprint density at radius 3 is 2.47 bits per heavy atom. The van der Waals surface area contributed by atoms with Crippen molar-refractivity contribution in [3.05, 3.63) is 98.4 Å². The van der Waals surface area contributed by atoms with Gasteiger partial charge in [0.05, 0.1) is 18.1 Å². The minimum atomic E-state index is -0.372. The quantitative estimate of drug-likeness (QED) is 0.298. The highest BCUT2D eigenvalue weighted by molar-refractivity contribution is 8.18. The zero-order chi connectivity index (χ0) is 24.1. The van der Waals surface area contributed by atoms with E-state index in [1.807, 2.05) is 43.3 Å². The maximum atomic E-state index is 12.9. The number of benzene rings is 3. The lowest BCUT2D eigenvalue weighted by Gasteiger charge is -2.14. The highest BCUT2D eigenvalue weighted by Gasteiger charge is 2.35. The average Bonchev–Trinajstić information content (AvgIpc) is 3.08. The Morgan fingerprint density at radius 1 is 0.941 bits per heavy atom. The molecule has 0 spiro atoms. The minimum Gasteiger partial charge on any atom is -0.490 e. The summed E-state index contributed by atoms with van der Waals surface area (Å²) in [7, 11) is 0. The van der Waals surface area contributed by atoms with E-state index in [9.17, 15) is 9.59 Å². The second kappa shape index (κ2) is 11.0. The van der Waals surface area contributed by atoms with Gasteiger partial charge >= 0.3 is 0 Å². The predicted molar refractivity (Wildman–Crippen MR) is 136 cm³/mol. The van der Waals surface area contributed by atoms with E-state index in [0.717, 1.165) is 22.9 Å². The maximum absolute atomic E-state index is 12.9. The Kier molecular flexibility index (Phi) is 7.83. The van der Waals surface area contributed by atoms with Gasteiger partial charge in [-0.1, -0.05) is 65.7 Å². The normalized spacial score (nSPS) is 14.7. The molecule has 5 nitrogen and oxygen atoms in total. The molecule has 34 heavy (non-hydrogen) atoms. The molecule has 8 heteroatoms. The third kappa shape index (κ3) is 5.76. The average molecular weight is 514 g/mol. The Balaban J connectivity index is 1.51. The van der Waals surface area contributed by atoms with Gasteiger partial charge in [-0.2, -0.15) is 0 Å². The Labute approximate surface area is 212 Å². The van der Waals surface area contributed by atoms with Gasteiger partial charge in [0.1, 0.15) is 6.61 Å². The molecule has 0 aliphatic carbocycles. The fourth-order valence-corrected chi connectivity index (χ4v) is 4.65. The van der Waals surface area contributed by atoms with E-state index in [2.05, 4.69) is 0 Å². The third-order valence-electron chi connectivity index (χ3n) is 5.02. The minimum absolute atomic E-state index is 0.0778. The van der Waals surface area contributed by atoms with Crippen molar-refractivity contribution in [2.75, 3.05) is 6.61 Å². The van der Waals surface area contributed by atoms with Crippen LogP contribution in [0.1, 0.15) is 23.6 Å². The van der Waals surface area contributed by atoms with Crippen LogP contribution in [0.2, 0.25) is 10.0 Å². The second-order valence-electron chi connectivity index (χ2n) is 7.42. The van der Waals surface area contributed by atoms with Gasteiger partial charge in [-0.3, -0.25) is 14.5 Å². The van der Waals surface area contributed by atoms with Gasteiger partial charge < -0.3 is 9.47 Å². The lowest BCUT2D eigenvalue weighted by Crippen LogP contribution is -2.27. The summed E-state index contributed by atoms with van der Waals surface area (Å²) in [6.07, 6.45) is 1.68. The molecule has 2 amide bonds. The first-order chi connectivity index (χ1) is 16.4. The van der Waals surface area contributed by atoms with E-state index in [-0.39, 0.29) is 17.7 Å². The van der Waals surface area contributed by atoms with Gasteiger partial charge in [0.15, 0.2) is 11.5 Å². The van der Waals surface area contributed by atoms with Crippen molar-refractivity contribution < 1.29 is 19.1 Å². The van der Waals surface area contributed by atoms with Crippen LogP contribution in [0, 0.1) is 0 Å². The standard InChI is InChI=1S/C26H21Cl2NO4S/c1-2-32-23-12-18(8-11-22(23)33-16-17-6-4-3-5-7-17)13-24-25(30)29(26(31)34-24)15-19-9-10-20(27)14-21(19)28/h3-14H,2,15-16H2,1H3/b24-13-. The third-order valence-corrected chi connectivity index (χ3v) is 6.51. The number of amides is 2. The molecule has 3 aromatic carbocycles. The van der Waals surface area contributed by atoms with E-state index < -0.39 is 0 Å². The number of carbonyl (C=O) groups is 2. The molecule has 4 rings (SSSR count). The largest absolute Gasteiger partial charge is 0.490 e. The number of rotatable bonds is 8. The summed E-state index contributed by atoms with van der Waals surface area (Å²) in [6.45, 7) is 2.84. The molecule has 0 N–H and O–H groups in total. The topological polar surface area (TPSA) is 55.8 Å². The van der Waals surface area contributed by atoms with Crippen molar-refractivity contribution in [3.63, 3.8) is 0 Å².